The molecule has 4 atom stereocenters. The molecule has 74 heavy (non-hydrogen) atoms. The zero-order chi connectivity index (χ0) is 54.4. The van der Waals surface area contributed by atoms with Crippen LogP contribution in [0, 0.1) is 0 Å². The quantitative estimate of drug-likeness (QED) is 0.0254. The summed E-state index contributed by atoms with van der Waals surface area (Å²) in [5.41, 5.74) is 0. The number of carboxylic acids is 3. The van der Waals surface area contributed by atoms with Gasteiger partial charge in [0.15, 0.2) is 5.82 Å². The minimum atomic E-state index is -1.43. The Labute approximate surface area is 441 Å². The second-order valence-corrected chi connectivity index (χ2v) is 19.0. The Kier molecular flexibility index (Phi) is 41.1. The zero-order valence-corrected chi connectivity index (χ0v) is 44.9. The van der Waals surface area contributed by atoms with E-state index in [-0.39, 0.29) is 95.8 Å². The van der Waals surface area contributed by atoms with Crippen molar-refractivity contribution in [3.8, 4) is 0 Å². The molecule has 0 fully saturated rings. The van der Waals surface area contributed by atoms with Crippen LogP contribution in [-0.2, 0) is 59.0 Å². The number of carbonyl (C=O) groups excluding carboxylic acids is 6. The van der Waals surface area contributed by atoms with Gasteiger partial charge in [0.25, 0.3) is 0 Å². The lowest BCUT2D eigenvalue weighted by Crippen LogP contribution is -2.44. The second kappa shape index (κ2) is 45.4. The van der Waals surface area contributed by atoms with E-state index in [1.165, 1.54) is 69.7 Å². The average molecular weight is 1090 g/mol. The Morgan fingerprint density at radius 2 is 1.00 bits per heavy atom. The van der Waals surface area contributed by atoms with Crippen LogP contribution in [0.4, 0.5) is 0 Å². The Morgan fingerprint density at radius 1 is 0.500 bits per heavy atom. The van der Waals surface area contributed by atoms with E-state index in [1.807, 2.05) is 0 Å². The number of unbranched alkanes of at least 4 members (excludes halogenated alkanes) is 13. The minimum Gasteiger partial charge on any atom is -0.480 e. The SMILES string of the molecule is O=C(CCCSNC(=O)CCCCCCCCCCCCCCCc1nn[nH]n1)NCCCC(=O)NC(CCC(=O)NC(CCC(=O)NCCOCCOCC(=O)NCCCC[C@H](NP)C(=O)O)C(=O)O)C(=O)O. The lowest BCUT2D eigenvalue weighted by molar-refractivity contribution is -0.143. The predicted molar refractivity (Wildman–Crippen MR) is 278 cm³/mol. The van der Waals surface area contributed by atoms with E-state index in [4.69, 9.17) is 14.6 Å². The second-order valence-electron chi connectivity index (χ2n) is 17.8. The van der Waals surface area contributed by atoms with Crippen molar-refractivity contribution in [1.82, 2.24) is 57.0 Å². The fourth-order valence-corrected chi connectivity index (χ4v) is 8.18. The van der Waals surface area contributed by atoms with Crippen molar-refractivity contribution in [2.75, 3.05) is 51.8 Å². The number of aromatic amines is 1. The highest BCUT2D eigenvalue weighted by Crippen LogP contribution is 2.14. The summed E-state index contributed by atoms with van der Waals surface area (Å²) in [6.45, 7) is 0.855. The van der Waals surface area contributed by atoms with Gasteiger partial charge in [-0.15, -0.1) is 10.2 Å². The third-order valence-corrected chi connectivity index (χ3v) is 12.7. The van der Waals surface area contributed by atoms with E-state index in [0.29, 0.717) is 44.4 Å². The number of aryl methyl sites for hydroxylation is 1. The van der Waals surface area contributed by atoms with Gasteiger partial charge in [-0.3, -0.25) is 38.6 Å². The van der Waals surface area contributed by atoms with Crippen LogP contribution in [0.2, 0.25) is 0 Å². The number of carbonyl (C=O) groups is 9. The number of hydrogen-bond acceptors (Lipinski definition) is 16. The molecule has 0 saturated heterocycles. The van der Waals surface area contributed by atoms with Crippen LogP contribution in [-0.4, -0.2) is 159 Å². The molecular weight excluding hydrogens is 1010 g/mol. The maximum absolute atomic E-state index is 12.5. The lowest BCUT2D eigenvalue weighted by Gasteiger charge is -2.17. The summed E-state index contributed by atoms with van der Waals surface area (Å²) in [5.74, 6) is -4.81. The van der Waals surface area contributed by atoms with E-state index in [2.05, 4.69) is 66.4 Å². The molecule has 1 heterocycles. The first-order chi connectivity index (χ1) is 35.7. The number of H-pyrrole nitrogens is 1. The molecule has 0 aliphatic carbocycles. The minimum absolute atomic E-state index is 0.0182. The van der Waals surface area contributed by atoms with Crippen LogP contribution in [0.1, 0.15) is 166 Å². The fraction of sp³-hybridized carbons (Fsp3) is 0.787. The molecule has 1 aromatic rings. The molecule has 3 unspecified atom stereocenters. The van der Waals surface area contributed by atoms with Crippen molar-refractivity contribution >= 4 is 74.7 Å². The molecule has 0 bridgehead atoms. The third kappa shape index (κ3) is 39.4. The molecule has 6 amide bonds. The van der Waals surface area contributed by atoms with Gasteiger partial charge in [0, 0.05) is 63.9 Å². The van der Waals surface area contributed by atoms with Gasteiger partial charge in [-0.2, -0.15) is 5.21 Å². The van der Waals surface area contributed by atoms with Gasteiger partial charge in [-0.1, -0.05) is 97.2 Å². The molecular formula is C47H84N11O14PS. The highest BCUT2D eigenvalue weighted by Gasteiger charge is 2.25. The van der Waals surface area contributed by atoms with Gasteiger partial charge in [-0.25, -0.2) is 9.59 Å². The first-order valence-corrected chi connectivity index (χ1v) is 27.6. The molecule has 0 aliphatic rings. The van der Waals surface area contributed by atoms with Crippen LogP contribution in [0.25, 0.3) is 0 Å². The standard InChI is InChI=1S/C47H84N11O14PS/c59-39(22-17-33-74-56-43(63)20-13-11-9-7-5-3-1-2-4-6-8-10-12-19-38-53-57-58-54-38)48-28-16-21-41(61)51-36(46(67)68)24-26-42(62)52-35(45(65)66)23-25-40(60)50-29-30-71-31-32-72-34-44(64)49-27-15-14-18-37(55-73)47(69)70/h35-37,55H,1-34,73H2,(H,48,59)(H,49,64)(H,50,60)(H,51,61)(H,52,62)(H,56,63)(H,65,66)(H,67,68)(H,69,70)(H,53,54,57,58)/t35?,36?,37-/m0/s1. The summed E-state index contributed by atoms with van der Waals surface area (Å²) in [6.07, 6.45) is 18.1. The van der Waals surface area contributed by atoms with Crippen molar-refractivity contribution in [2.45, 2.75) is 185 Å². The molecule has 1 rings (SSSR count). The fourth-order valence-electron chi connectivity index (χ4n) is 7.22. The number of nitrogens with one attached hydrogen (secondary N) is 8. The van der Waals surface area contributed by atoms with Gasteiger partial charge in [0.05, 0.1) is 19.8 Å². The van der Waals surface area contributed by atoms with Crippen molar-refractivity contribution in [3.05, 3.63) is 5.82 Å². The summed E-state index contributed by atoms with van der Waals surface area (Å²) in [5, 5.41) is 57.4. The highest BCUT2D eigenvalue weighted by molar-refractivity contribution is 7.97. The first kappa shape index (κ1) is 67.0. The van der Waals surface area contributed by atoms with Crippen LogP contribution in [0.3, 0.4) is 0 Å². The monoisotopic (exact) mass is 1090 g/mol. The van der Waals surface area contributed by atoms with Crippen molar-refractivity contribution in [3.63, 3.8) is 0 Å². The largest absolute Gasteiger partial charge is 0.480 e. The van der Waals surface area contributed by atoms with Crippen LogP contribution < -0.4 is 36.4 Å². The molecule has 25 nitrogen and oxygen atoms in total. The van der Waals surface area contributed by atoms with Crippen molar-refractivity contribution < 1.29 is 67.9 Å². The van der Waals surface area contributed by atoms with Crippen LogP contribution >= 0.6 is 21.3 Å². The van der Waals surface area contributed by atoms with Crippen LogP contribution in [0.5, 0.6) is 0 Å². The summed E-state index contributed by atoms with van der Waals surface area (Å²) >= 11 is 1.27. The topological polar surface area (TPSA) is 371 Å². The van der Waals surface area contributed by atoms with Gasteiger partial charge in [0.2, 0.25) is 35.4 Å². The van der Waals surface area contributed by atoms with Crippen LogP contribution in [0.15, 0.2) is 0 Å². The van der Waals surface area contributed by atoms with E-state index < -0.39 is 60.2 Å². The number of tetrazole rings is 1. The number of nitrogens with zero attached hydrogens (tertiary/aromatic N) is 3. The molecule has 27 heteroatoms. The van der Waals surface area contributed by atoms with Gasteiger partial charge >= 0.3 is 17.9 Å². The molecule has 0 radical (unpaired) electrons. The highest BCUT2D eigenvalue weighted by atomic mass is 32.2. The Morgan fingerprint density at radius 3 is 1.59 bits per heavy atom. The molecule has 0 aromatic carbocycles. The van der Waals surface area contributed by atoms with Crippen molar-refractivity contribution in [2.24, 2.45) is 0 Å². The number of rotatable bonds is 50. The van der Waals surface area contributed by atoms with Gasteiger partial charge in [-0.05, 0) is 57.8 Å². The molecule has 1 aromatic heterocycles. The number of hydrogen-bond donors (Lipinski definition) is 11. The van der Waals surface area contributed by atoms with E-state index in [9.17, 15) is 53.4 Å². The van der Waals surface area contributed by atoms with E-state index in [1.54, 1.807) is 0 Å². The van der Waals surface area contributed by atoms with Gasteiger partial charge in [0.1, 0.15) is 24.7 Å². The Hall–Kier alpha value is -5.04. The molecule has 11 N–H and O–H groups in total. The number of ether oxygens (including phenoxy) is 2. The Balaban J connectivity index is 2.04. The normalized spacial score (nSPS) is 12.2. The number of amides is 6. The van der Waals surface area contributed by atoms with E-state index >= 15 is 0 Å². The maximum atomic E-state index is 12.5. The summed E-state index contributed by atoms with van der Waals surface area (Å²) in [6, 6.07) is -3.52. The maximum Gasteiger partial charge on any atom is 0.326 e. The molecule has 0 spiro atoms. The summed E-state index contributed by atoms with van der Waals surface area (Å²) in [4.78, 5) is 108. The number of aliphatic carboxylic acids is 3. The summed E-state index contributed by atoms with van der Waals surface area (Å²) < 4.78 is 13.4. The first-order valence-electron chi connectivity index (χ1n) is 26.0. The number of aromatic nitrogens is 4. The molecule has 0 saturated carbocycles. The summed E-state index contributed by atoms with van der Waals surface area (Å²) in [7, 11) is 2.17. The average Bonchev–Trinajstić information content (AvgIpc) is 3.89. The van der Waals surface area contributed by atoms with Crippen molar-refractivity contribution in [1.29, 1.82) is 0 Å². The smallest absolute Gasteiger partial charge is 0.326 e. The third-order valence-electron chi connectivity index (χ3n) is 11.4. The Bertz CT molecular complexity index is 1760. The van der Waals surface area contributed by atoms with E-state index in [0.717, 1.165) is 37.9 Å². The molecule has 422 valence electrons. The molecule has 0 aliphatic heterocycles. The van der Waals surface area contributed by atoms with Gasteiger partial charge < -0.3 is 56.1 Å². The number of carboxylic acid groups (broad SMARTS) is 3. The lowest BCUT2D eigenvalue weighted by atomic mass is 10.0. The zero-order valence-electron chi connectivity index (χ0n) is 42.9. The predicted octanol–water partition coefficient (Wildman–Crippen LogP) is 2.61.